The van der Waals surface area contributed by atoms with E-state index in [4.69, 9.17) is 10.5 Å². The maximum absolute atomic E-state index is 11.8. The Kier molecular flexibility index (Phi) is 4.29. The molecule has 2 N–H and O–H groups in total. The molecule has 0 heterocycles. The van der Waals surface area contributed by atoms with Crippen molar-refractivity contribution in [2.24, 2.45) is 11.7 Å². The first-order valence-electron chi connectivity index (χ1n) is 5.88. The van der Waals surface area contributed by atoms with Crippen molar-refractivity contribution >= 4 is 5.97 Å². The maximum atomic E-state index is 11.8. The van der Waals surface area contributed by atoms with Crippen LogP contribution in [0.5, 0.6) is 5.75 Å². The molecule has 0 fully saturated rings. The summed E-state index contributed by atoms with van der Waals surface area (Å²) >= 11 is 0. The van der Waals surface area contributed by atoms with Gasteiger partial charge in [0, 0.05) is 0 Å². The molecule has 0 aromatic heterocycles. The molecular formula is C14H21NO2. The minimum atomic E-state index is -0.573. The van der Waals surface area contributed by atoms with Gasteiger partial charge in [0.25, 0.3) is 0 Å². The van der Waals surface area contributed by atoms with E-state index in [9.17, 15) is 4.79 Å². The van der Waals surface area contributed by atoms with Crippen LogP contribution >= 0.6 is 0 Å². The molecule has 0 spiro atoms. The van der Waals surface area contributed by atoms with Crippen LogP contribution in [-0.4, -0.2) is 12.0 Å². The molecule has 0 radical (unpaired) electrons. The second-order valence-corrected chi connectivity index (χ2v) is 4.89. The highest BCUT2D eigenvalue weighted by Crippen LogP contribution is 2.23. The van der Waals surface area contributed by atoms with Gasteiger partial charge >= 0.3 is 5.97 Å². The Hall–Kier alpha value is -1.35. The number of ether oxygens (including phenoxy) is 1. The van der Waals surface area contributed by atoms with E-state index >= 15 is 0 Å². The summed E-state index contributed by atoms with van der Waals surface area (Å²) in [6.07, 6.45) is 0. The summed E-state index contributed by atoms with van der Waals surface area (Å²) in [5, 5.41) is 0. The minimum absolute atomic E-state index is 0.0781. The van der Waals surface area contributed by atoms with Crippen molar-refractivity contribution in [3.8, 4) is 5.75 Å². The summed E-state index contributed by atoms with van der Waals surface area (Å²) in [6.45, 7) is 9.76. The Labute approximate surface area is 103 Å². The number of hydrogen-bond donors (Lipinski definition) is 1. The van der Waals surface area contributed by atoms with Gasteiger partial charge in [0.1, 0.15) is 11.8 Å². The summed E-state index contributed by atoms with van der Waals surface area (Å²) in [7, 11) is 0. The summed E-state index contributed by atoms with van der Waals surface area (Å²) in [4.78, 5) is 11.8. The molecule has 0 aliphatic carbocycles. The van der Waals surface area contributed by atoms with Crippen molar-refractivity contribution in [1.29, 1.82) is 0 Å². The SMILES string of the molecule is Cc1cc(C)c(OC(=O)C(N)C(C)C)cc1C. The lowest BCUT2D eigenvalue weighted by atomic mass is 10.0. The molecule has 0 amide bonds. The number of hydrogen-bond acceptors (Lipinski definition) is 3. The molecule has 3 heteroatoms. The molecule has 94 valence electrons. The van der Waals surface area contributed by atoms with E-state index in [2.05, 4.69) is 0 Å². The molecule has 0 aliphatic heterocycles. The zero-order valence-electron chi connectivity index (χ0n) is 11.2. The van der Waals surface area contributed by atoms with E-state index in [-0.39, 0.29) is 11.9 Å². The Morgan fingerprint density at radius 2 is 1.65 bits per heavy atom. The van der Waals surface area contributed by atoms with Crippen LogP contribution < -0.4 is 10.5 Å². The minimum Gasteiger partial charge on any atom is -0.425 e. The lowest BCUT2D eigenvalue weighted by molar-refractivity contribution is -0.136. The zero-order valence-corrected chi connectivity index (χ0v) is 11.2. The fourth-order valence-corrected chi connectivity index (χ4v) is 1.49. The molecule has 1 rings (SSSR count). The third kappa shape index (κ3) is 3.30. The predicted octanol–water partition coefficient (Wildman–Crippen LogP) is 2.50. The number of rotatable bonds is 3. The fourth-order valence-electron chi connectivity index (χ4n) is 1.49. The predicted molar refractivity (Wildman–Crippen MR) is 69.1 cm³/mol. The van der Waals surface area contributed by atoms with Gasteiger partial charge in [-0.15, -0.1) is 0 Å². The van der Waals surface area contributed by atoms with Gasteiger partial charge in [-0.3, -0.25) is 0 Å². The molecule has 1 unspecified atom stereocenters. The number of esters is 1. The fraction of sp³-hybridized carbons (Fsp3) is 0.500. The second kappa shape index (κ2) is 5.32. The van der Waals surface area contributed by atoms with Crippen molar-refractivity contribution < 1.29 is 9.53 Å². The van der Waals surface area contributed by atoms with E-state index in [1.165, 1.54) is 5.56 Å². The van der Waals surface area contributed by atoms with Gasteiger partial charge in [-0.2, -0.15) is 0 Å². The third-order valence-electron chi connectivity index (χ3n) is 2.99. The van der Waals surface area contributed by atoms with Crippen molar-refractivity contribution in [2.45, 2.75) is 40.7 Å². The van der Waals surface area contributed by atoms with E-state index < -0.39 is 6.04 Å². The molecule has 1 aromatic carbocycles. The Morgan fingerprint density at radius 1 is 1.12 bits per heavy atom. The first-order chi connectivity index (χ1) is 7.82. The van der Waals surface area contributed by atoms with Gasteiger partial charge in [-0.05, 0) is 49.4 Å². The molecule has 3 nitrogen and oxygen atoms in total. The molecule has 1 atom stereocenters. The lowest BCUT2D eigenvalue weighted by Crippen LogP contribution is -2.38. The number of nitrogens with two attached hydrogens (primary N) is 1. The molecular weight excluding hydrogens is 214 g/mol. The van der Waals surface area contributed by atoms with E-state index in [1.807, 2.05) is 46.8 Å². The van der Waals surface area contributed by atoms with Crippen LogP contribution in [0.3, 0.4) is 0 Å². The number of carbonyl (C=O) groups is 1. The molecule has 0 saturated carbocycles. The first kappa shape index (κ1) is 13.7. The normalized spacial score (nSPS) is 12.6. The Bertz CT molecular complexity index is 424. The summed E-state index contributed by atoms with van der Waals surface area (Å²) in [5.74, 6) is 0.315. The smallest absolute Gasteiger partial charge is 0.328 e. The van der Waals surface area contributed by atoms with Crippen LogP contribution in [0, 0.1) is 26.7 Å². The standard InChI is InChI=1S/C14H21NO2/c1-8(2)13(15)14(16)17-12-7-10(4)9(3)6-11(12)5/h6-8,13H,15H2,1-5H3. The highest BCUT2D eigenvalue weighted by atomic mass is 16.5. The summed E-state index contributed by atoms with van der Waals surface area (Å²) in [5.41, 5.74) is 9.01. The highest BCUT2D eigenvalue weighted by molar-refractivity contribution is 5.78. The van der Waals surface area contributed by atoms with Crippen LogP contribution in [0.1, 0.15) is 30.5 Å². The third-order valence-corrected chi connectivity index (χ3v) is 2.99. The van der Waals surface area contributed by atoms with Crippen molar-refractivity contribution in [2.75, 3.05) is 0 Å². The summed E-state index contributed by atoms with van der Waals surface area (Å²) in [6, 6.07) is 3.32. The topological polar surface area (TPSA) is 52.3 Å². The van der Waals surface area contributed by atoms with Crippen LogP contribution in [-0.2, 0) is 4.79 Å². The average molecular weight is 235 g/mol. The first-order valence-corrected chi connectivity index (χ1v) is 5.88. The van der Waals surface area contributed by atoms with Crippen LogP contribution in [0.4, 0.5) is 0 Å². The monoisotopic (exact) mass is 235 g/mol. The van der Waals surface area contributed by atoms with Gasteiger partial charge in [0.15, 0.2) is 0 Å². The van der Waals surface area contributed by atoms with Crippen molar-refractivity contribution in [1.82, 2.24) is 0 Å². The van der Waals surface area contributed by atoms with Crippen molar-refractivity contribution in [3.05, 3.63) is 28.8 Å². The van der Waals surface area contributed by atoms with Gasteiger partial charge in [0.05, 0.1) is 0 Å². The Morgan fingerprint density at radius 3 is 2.18 bits per heavy atom. The van der Waals surface area contributed by atoms with Gasteiger partial charge < -0.3 is 10.5 Å². The number of carbonyl (C=O) groups excluding carboxylic acids is 1. The lowest BCUT2D eigenvalue weighted by Gasteiger charge is -2.16. The van der Waals surface area contributed by atoms with Gasteiger partial charge in [0.2, 0.25) is 0 Å². The van der Waals surface area contributed by atoms with Gasteiger partial charge in [-0.1, -0.05) is 19.9 Å². The number of benzene rings is 1. The van der Waals surface area contributed by atoms with E-state index in [1.54, 1.807) is 0 Å². The second-order valence-electron chi connectivity index (χ2n) is 4.89. The van der Waals surface area contributed by atoms with E-state index in [0.717, 1.165) is 11.1 Å². The highest BCUT2D eigenvalue weighted by Gasteiger charge is 2.20. The molecule has 0 bridgehead atoms. The zero-order chi connectivity index (χ0) is 13.2. The largest absolute Gasteiger partial charge is 0.425 e. The van der Waals surface area contributed by atoms with Crippen LogP contribution in [0.2, 0.25) is 0 Å². The van der Waals surface area contributed by atoms with Gasteiger partial charge in [-0.25, -0.2) is 4.79 Å². The van der Waals surface area contributed by atoms with Crippen LogP contribution in [0.25, 0.3) is 0 Å². The van der Waals surface area contributed by atoms with Crippen molar-refractivity contribution in [3.63, 3.8) is 0 Å². The summed E-state index contributed by atoms with van der Waals surface area (Å²) < 4.78 is 5.34. The van der Waals surface area contributed by atoms with E-state index in [0.29, 0.717) is 5.75 Å². The molecule has 1 aromatic rings. The molecule has 17 heavy (non-hydrogen) atoms. The van der Waals surface area contributed by atoms with Crippen LogP contribution in [0.15, 0.2) is 12.1 Å². The Balaban J connectivity index is 2.89. The molecule has 0 saturated heterocycles. The maximum Gasteiger partial charge on any atom is 0.328 e. The molecule has 0 aliphatic rings. The number of aryl methyl sites for hydroxylation is 3. The quantitative estimate of drug-likeness (QED) is 0.647. The average Bonchev–Trinajstić information content (AvgIpc) is 2.24.